The van der Waals surface area contributed by atoms with E-state index in [2.05, 4.69) is 0 Å². The molecule has 0 aromatic heterocycles. The first-order valence-corrected chi connectivity index (χ1v) is 5.26. The normalized spacial score (nSPS) is 15.4. The molecule has 0 saturated heterocycles. The number of carbonyl (C=O) groups excluding carboxylic acids is 2. The van der Waals surface area contributed by atoms with E-state index in [1.165, 1.54) is 20.3 Å². The van der Waals surface area contributed by atoms with E-state index in [1.54, 1.807) is 18.2 Å². The third-order valence-electron chi connectivity index (χ3n) is 2.85. The van der Waals surface area contributed by atoms with Gasteiger partial charge in [-0.15, -0.1) is 0 Å². The largest absolute Gasteiger partial charge is 0.339 e. The molecule has 0 aliphatic heterocycles. The fraction of sp³-hybridized carbons (Fsp3) is 0.231. The summed E-state index contributed by atoms with van der Waals surface area (Å²) < 4.78 is 9.50. The van der Waals surface area contributed by atoms with Crippen molar-refractivity contribution in [2.45, 2.75) is 5.97 Å². The molecule has 1 aromatic rings. The lowest BCUT2D eigenvalue weighted by molar-refractivity contribution is -0.310. The Kier molecular flexibility index (Phi) is 3.13. The number of carbonyl (C=O) groups is 2. The van der Waals surface area contributed by atoms with Crippen LogP contribution in [0.25, 0.3) is 0 Å². The summed E-state index contributed by atoms with van der Waals surface area (Å²) in [7, 11) is 2.37. The molecule has 0 atom stereocenters. The van der Waals surface area contributed by atoms with Gasteiger partial charge in [-0.05, 0) is 0 Å². The number of allylic oxidation sites excluding steroid dienone is 1. The summed E-state index contributed by atoms with van der Waals surface area (Å²) in [5.41, 5.74) is 0.310. The predicted octanol–water partition coefficient (Wildman–Crippen LogP) is 0.931. The van der Waals surface area contributed by atoms with Crippen LogP contribution in [-0.2, 0) is 9.47 Å². The standard InChI is InChI=1S/C13H12O5/c1-17-13(16,18-2)10-7-11(14)8-5-3-4-6-9(8)12(10)15/h3-7,16H,1-2H3. The van der Waals surface area contributed by atoms with Gasteiger partial charge in [-0.3, -0.25) is 9.59 Å². The van der Waals surface area contributed by atoms with Crippen LogP contribution in [0.2, 0.25) is 0 Å². The number of aliphatic hydroxyl groups is 1. The summed E-state index contributed by atoms with van der Waals surface area (Å²) in [4.78, 5) is 24.1. The van der Waals surface area contributed by atoms with Gasteiger partial charge in [0.1, 0.15) is 0 Å². The van der Waals surface area contributed by atoms with E-state index >= 15 is 0 Å². The molecule has 0 spiro atoms. The highest BCUT2D eigenvalue weighted by Gasteiger charge is 2.41. The highest BCUT2D eigenvalue weighted by Crippen LogP contribution is 2.29. The van der Waals surface area contributed by atoms with Gasteiger partial charge in [0.15, 0.2) is 11.6 Å². The summed E-state index contributed by atoms with van der Waals surface area (Å²) in [5, 5.41) is 9.98. The van der Waals surface area contributed by atoms with Crippen molar-refractivity contribution in [2.75, 3.05) is 14.2 Å². The Hall–Kier alpha value is -1.82. The number of ether oxygens (including phenoxy) is 2. The fourth-order valence-electron chi connectivity index (χ4n) is 1.85. The first-order valence-electron chi connectivity index (χ1n) is 5.26. The van der Waals surface area contributed by atoms with Crippen molar-refractivity contribution in [1.29, 1.82) is 0 Å². The average molecular weight is 248 g/mol. The van der Waals surface area contributed by atoms with Gasteiger partial charge in [0.2, 0.25) is 0 Å². The minimum absolute atomic E-state index is 0.226. The quantitative estimate of drug-likeness (QED) is 0.805. The van der Waals surface area contributed by atoms with Crippen molar-refractivity contribution in [2.24, 2.45) is 0 Å². The number of rotatable bonds is 3. The number of fused-ring (bicyclic) bond motifs is 1. The minimum atomic E-state index is -2.21. The summed E-state index contributed by atoms with van der Waals surface area (Å²) in [5.74, 6) is -3.07. The Labute approximate surface area is 104 Å². The number of ketones is 2. The predicted molar refractivity (Wildman–Crippen MR) is 62.2 cm³/mol. The van der Waals surface area contributed by atoms with Gasteiger partial charge in [0.25, 0.3) is 0 Å². The molecular weight excluding hydrogens is 236 g/mol. The number of benzene rings is 1. The molecular formula is C13H12O5. The molecule has 18 heavy (non-hydrogen) atoms. The Morgan fingerprint density at radius 3 is 2.17 bits per heavy atom. The van der Waals surface area contributed by atoms with E-state index in [0.29, 0.717) is 5.56 Å². The molecule has 94 valence electrons. The molecule has 0 fully saturated rings. The van der Waals surface area contributed by atoms with E-state index in [9.17, 15) is 14.7 Å². The zero-order valence-electron chi connectivity index (χ0n) is 9.97. The van der Waals surface area contributed by atoms with Gasteiger partial charge in [-0.25, -0.2) is 0 Å². The third-order valence-corrected chi connectivity index (χ3v) is 2.85. The highest BCUT2D eigenvalue weighted by atomic mass is 16.8. The summed E-state index contributed by atoms with van der Waals surface area (Å²) in [6.45, 7) is 0. The van der Waals surface area contributed by atoms with Crippen LogP contribution in [-0.4, -0.2) is 36.9 Å². The van der Waals surface area contributed by atoms with Crippen molar-refractivity contribution in [1.82, 2.24) is 0 Å². The van der Waals surface area contributed by atoms with Gasteiger partial charge in [0.05, 0.1) is 5.57 Å². The van der Waals surface area contributed by atoms with Crippen LogP contribution in [0, 0.1) is 0 Å². The Balaban J connectivity index is 2.56. The molecule has 0 unspecified atom stereocenters. The van der Waals surface area contributed by atoms with E-state index in [-0.39, 0.29) is 16.9 Å². The van der Waals surface area contributed by atoms with E-state index in [4.69, 9.17) is 9.47 Å². The molecule has 0 saturated carbocycles. The topological polar surface area (TPSA) is 72.8 Å². The molecule has 1 aliphatic carbocycles. The first-order chi connectivity index (χ1) is 8.53. The fourth-order valence-corrected chi connectivity index (χ4v) is 1.85. The molecule has 1 aromatic carbocycles. The smallest absolute Gasteiger partial charge is 0.313 e. The van der Waals surface area contributed by atoms with Gasteiger partial charge in [0, 0.05) is 31.4 Å². The molecule has 5 heteroatoms. The summed E-state index contributed by atoms with van der Waals surface area (Å²) >= 11 is 0. The van der Waals surface area contributed by atoms with E-state index < -0.39 is 11.8 Å². The molecule has 0 amide bonds. The number of methoxy groups -OCH3 is 2. The monoisotopic (exact) mass is 248 g/mol. The van der Waals surface area contributed by atoms with Crippen LogP contribution in [0.4, 0.5) is 0 Å². The summed E-state index contributed by atoms with van der Waals surface area (Å²) in [6, 6.07) is 6.39. The van der Waals surface area contributed by atoms with Crippen LogP contribution in [0.15, 0.2) is 35.9 Å². The van der Waals surface area contributed by atoms with E-state index in [0.717, 1.165) is 6.08 Å². The highest BCUT2D eigenvalue weighted by molar-refractivity contribution is 6.25. The van der Waals surface area contributed by atoms with Gasteiger partial charge in [-0.1, -0.05) is 24.3 Å². The van der Waals surface area contributed by atoms with Crippen molar-refractivity contribution in [3.8, 4) is 0 Å². The van der Waals surface area contributed by atoms with Gasteiger partial charge < -0.3 is 14.6 Å². The maximum Gasteiger partial charge on any atom is 0.313 e. The maximum absolute atomic E-state index is 12.2. The number of hydrogen-bond acceptors (Lipinski definition) is 5. The van der Waals surface area contributed by atoms with Gasteiger partial charge in [-0.2, -0.15) is 0 Å². The molecule has 2 rings (SSSR count). The second-order valence-corrected chi connectivity index (χ2v) is 3.79. The second kappa shape index (κ2) is 4.45. The van der Waals surface area contributed by atoms with Crippen molar-refractivity contribution in [3.05, 3.63) is 47.0 Å². The lowest BCUT2D eigenvalue weighted by Gasteiger charge is -2.28. The van der Waals surface area contributed by atoms with Crippen molar-refractivity contribution in [3.63, 3.8) is 0 Å². The summed E-state index contributed by atoms with van der Waals surface area (Å²) in [6.07, 6.45) is 1.04. The molecule has 0 radical (unpaired) electrons. The third kappa shape index (κ3) is 1.78. The minimum Gasteiger partial charge on any atom is -0.339 e. The van der Waals surface area contributed by atoms with Gasteiger partial charge >= 0.3 is 5.97 Å². The Morgan fingerprint density at radius 1 is 1.06 bits per heavy atom. The average Bonchev–Trinajstić information content (AvgIpc) is 2.42. The Morgan fingerprint density at radius 2 is 1.61 bits per heavy atom. The van der Waals surface area contributed by atoms with Crippen LogP contribution in [0.3, 0.4) is 0 Å². The van der Waals surface area contributed by atoms with Crippen molar-refractivity contribution >= 4 is 11.6 Å². The maximum atomic E-state index is 12.2. The number of hydrogen-bond donors (Lipinski definition) is 1. The lowest BCUT2D eigenvalue weighted by atomic mass is 9.88. The molecule has 5 nitrogen and oxygen atoms in total. The second-order valence-electron chi connectivity index (χ2n) is 3.79. The lowest BCUT2D eigenvalue weighted by Crippen LogP contribution is -2.41. The van der Waals surface area contributed by atoms with Crippen LogP contribution in [0.1, 0.15) is 20.7 Å². The SMILES string of the molecule is COC(O)(OC)C1=CC(=O)c2ccccc2C1=O. The molecule has 1 N–H and O–H groups in total. The number of Topliss-reactive ketones (excluding diaryl/α,β-unsaturated/α-hetero) is 1. The van der Waals surface area contributed by atoms with E-state index in [1.807, 2.05) is 0 Å². The van der Waals surface area contributed by atoms with Crippen LogP contribution >= 0.6 is 0 Å². The Bertz CT molecular complexity index is 540. The first kappa shape index (κ1) is 12.6. The molecule has 0 heterocycles. The zero-order chi connectivity index (χ0) is 13.3. The van der Waals surface area contributed by atoms with Crippen LogP contribution < -0.4 is 0 Å². The molecule has 1 aliphatic rings. The zero-order valence-corrected chi connectivity index (χ0v) is 9.97. The molecule has 0 bridgehead atoms. The van der Waals surface area contributed by atoms with Crippen molar-refractivity contribution < 1.29 is 24.2 Å². The van der Waals surface area contributed by atoms with Crippen LogP contribution in [0.5, 0.6) is 0 Å².